The molecule has 0 bridgehead atoms. The molecule has 5 heteroatoms. The van der Waals surface area contributed by atoms with E-state index in [4.69, 9.17) is 10.5 Å². The van der Waals surface area contributed by atoms with Gasteiger partial charge in [0.25, 0.3) is 0 Å². The molecule has 0 heterocycles. The third-order valence-corrected chi connectivity index (χ3v) is 3.65. The number of amides is 1. The molecule has 2 aromatic rings. The summed E-state index contributed by atoms with van der Waals surface area (Å²) in [5.41, 5.74) is 7.99. The van der Waals surface area contributed by atoms with Crippen molar-refractivity contribution in [3.63, 3.8) is 0 Å². The van der Waals surface area contributed by atoms with Crippen molar-refractivity contribution in [2.75, 3.05) is 13.7 Å². The van der Waals surface area contributed by atoms with E-state index in [1.165, 1.54) is 0 Å². The van der Waals surface area contributed by atoms with Gasteiger partial charge in [0.1, 0.15) is 11.8 Å². The van der Waals surface area contributed by atoms with E-state index in [9.17, 15) is 4.79 Å². The van der Waals surface area contributed by atoms with E-state index in [2.05, 4.69) is 0 Å². The second-order valence-electron chi connectivity index (χ2n) is 5.09. The standard InChI is InChI=1S/C18H22N2O2.ClH/c1-3-20(13-14-9-11-16(22-2)12-10-14)18(21)17(19)15-7-5-4-6-8-15;/h4-12,17H,3,13,19H2,1-2H3;1H. The maximum atomic E-state index is 12.6. The molecule has 0 fully saturated rings. The third kappa shape index (κ3) is 4.98. The van der Waals surface area contributed by atoms with Crippen molar-refractivity contribution in [1.82, 2.24) is 4.90 Å². The van der Waals surface area contributed by atoms with Crippen LogP contribution < -0.4 is 10.5 Å². The molecule has 1 unspecified atom stereocenters. The maximum Gasteiger partial charge on any atom is 0.244 e. The van der Waals surface area contributed by atoms with Crippen LogP contribution in [0.25, 0.3) is 0 Å². The molecule has 0 aliphatic carbocycles. The molecule has 1 atom stereocenters. The summed E-state index contributed by atoms with van der Waals surface area (Å²) in [6, 6.07) is 16.5. The highest BCUT2D eigenvalue weighted by atomic mass is 35.5. The first-order chi connectivity index (χ1) is 10.7. The average Bonchev–Trinajstić information content (AvgIpc) is 2.59. The van der Waals surface area contributed by atoms with Crippen molar-refractivity contribution >= 4 is 18.3 Å². The fraction of sp³-hybridized carbons (Fsp3) is 0.278. The highest BCUT2D eigenvalue weighted by Gasteiger charge is 2.21. The Morgan fingerprint density at radius 1 is 1.13 bits per heavy atom. The Bertz CT molecular complexity index is 602. The number of hydrogen-bond acceptors (Lipinski definition) is 3. The number of halogens is 1. The van der Waals surface area contributed by atoms with Crippen LogP contribution in [0.4, 0.5) is 0 Å². The summed E-state index contributed by atoms with van der Waals surface area (Å²) in [5, 5.41) is 0. The van der Waals surface area contributed by atoms with Gasteiger partial charge in [0, 0.05) is 13.1 Å². The van der Waals surface area contributed by atoms with Crippen LogP contribution in [0.2, 0.25) is 0 Å². The zero-order chi connectivity index (χ0) is 15.9. The normalized spacial score (nSPS) is 11.3. The molecular formula is C18H23ClN2O2. The highest BCUT2D eigenvalue weighted by molar-refractivity contribution is 5.85. The monoisotopic (exact) mass is 334 g/mol. The Labute approximate surface area is 143 Å². The van der Waals surface area contributed by atoms with E-state index in [0.29, 0.717) is 13.1 Å². The lowest BCUT2D eigenvalue weighted by Crippen LogP contribution is -2.38. The van der Waals surface area contributed by atoms with E-state index in [0.717, 1.165) is 16.9 Å². The SMILES string of the molecule is CCN(Cc1ccc(OC)cc1)C(=O)C(N)c1ccccc1.Cl. The van der Waals surface area contributed by atoms with Crippen molar-refractivity contribution in [3.05, 3.63) is 65.7 Å². The van der Waals surface area contributed by atoms with Gasteiger partial charge in [-0.1, -0.05) is 42.5 Å². The lowest BCUT2D eigenvalue weighted by Gasteiger charge is -2.24. The van der Waals surface area contributed by atoms with Gasteiger partial charge in [0.2, 0.25) is 5.91 Å². The van der Waals surface area contributed by atoms with Gasteiger partial charge in [-0.2, -0.15) is 0 Å². The minimum atomic E-state index is -0.626. The Morgan fingerprint density at radius 3 is 2.26 bits per heavy atom. The molecule has 0 aromatic heterocycles. The summed E-state index contributed by atoms with van der Waals surface area (Å²) in [6.07, 6.45) is 0. The molecule has 2 N–H and O–H groups in total. The Morgan fingerprint density at radius 2 is 1.74 bits per heavy atom. The number of hydrogen-bond donors (Lipinski definition) is 1. The molecule has 23 heavy (non-hydrogen) atoms. The molecule has 0 aliphatic rings. The lowest BCUT2D eigenvalue weighted by atomic mass is 10.1. The van der Waals surface area contributed by atoms with Crippen molar-refractivity contribution in [2.24, 2.45) is 5.73 Å². The molecule has 0 aliphatic heterocycles. The van der Waals surface area contributed by atoms with Gasteiger partial charge in [0.05, 0.1) is 7.11 Å². The van der Waals surface area contributed by atoms with Gasteiger partial charge >= 0.3 is 0 Å². The Hall–Kier alpha value is -2.04. The summed E-state index contributed by atoms with van der Waals surface area (Å²) in [4.78, 5) is 14.3. The molecule has 0 radical (unpaired) electrons. The van der Waals surface area contributed by atoms with Crippen LogP contribution in [-0.2, 0) is 11.3 Å². The number of methoxy groups -OCH3 is 1. The van der Waals surface area contributed by atoms with E-state index in [1.54, 1.807) is 12.0 Å². The van der Waals surface area contributed by atoms with Gasteiger partial charge in [-0.25, -0.2) is 0 Å². The lowest BCUT2D eigenvalue weighted by molar-refractivity contribution is -0.133. The zero-order valence-corrected chi connectivity index (χ0v) is 14.3. The predicted molar refractivity (Wildman–Crippen MR) is 94.7 cm³/mol. The van der Waals surface area contributed by atoms with Crippen molar-refractivity contribution in [3.8, 4) is 5.75 Å². The van der Waals surface area contributed by atoms with Gasteiger partial charge in [-0.3, -0.25) is 4.79 Å². The number of benzene rings is 2. The van der Waals surface area contributed by atoms with E-state index in [-0.39, 0.29) is 18.3 Å². The summed E-state index contributed by atoms with van der Waals surface area (Å²) < 4.78 is 5.14. The van der Waals surface area contributed by atoms with Crippen LogP contribution in [0.5, 0.6) is 5.75 Å². The van der Waals surface area contributed by atoms with E-state index >= 15 is 0 Å². The molecule has 2 rings (SSSR count). The second-order valence-corrected chi connectivity index (χ2v) is 5.09. The van der Waals surface area contributed by atoms with Crippen LogP contribution in [0, 0.1) is 0 Å². The van der Waals surface area contributed by atoms with Gasteiger partial charge in [0.15, 0.2) is 0 Å². The van der Waals surface area contributed by atoms with Gasteiger partial charge in [-0.05, 0) is 30.2 Å². The second kappa shape index (κ2) is 9.18. The minimum Gasteiger partial charge on any atom is -0.497 e. The first-order valence-electron chi connectivity index (χ1n) is 7.38. The fourth-order valence-corrected chi connectivity index (χ4v) is 2.30. The molecular weight excluding hydrogens is 312 g/mol. The number of carbonyl (C=O) groups excluding carboxylic acids is 1. The summed E-state index contributed by atoms with van der Waals surface area (Å²) in [5.74, 6) is 0.739. The molecule has 2 aromatic carbocycles. The van der Waals surface area contributed by atoms with E-state index < -0.39 is 6.04 Å². The molecule has 0 saturated heterocycles. The molecule has 4 nitrogen and oxygen atoms in total. The van der Waals surface area contributed by atoms with Crippen LogP contribution >= 0.6 is 12.4 Å². The quantitative estimate of drug-likeness (QED) is 0.882. The zero-order valence-electron chi connectivity index (χ0n) is 13.4. The van der Waals surface area contributed by atoms with Crippen molar-refractivity contribution in [2.45, 2.75) is 19.5 Å². The molecule has 1 amide bonds. The number of ether oxygens (including phenoxy) is 1. The number of carbonyl (C=O) groups is 1. The third-order valence-electron chi connectivity index (χ3n) is 3.65. The number of likely N-dealkylation sites (N-methyl/N-ethyl adjacent to an activating group) is 1. The topological polar surface area (TPSA) is 55.6 Å². The van der Waals surface area contributed by atoms with Crippen LogP contribution in [0.15, 0.2) is 54.6 Å². The van der Waals surface area contributed by atoms with Crippen LogP contribution in [-0.4, -0.2) is 24.5 Å². The smallest absolute Gasteiger partial charge is 0.244 e. The number of nitrogens with two attached hydrogens (primary N) is 1. The summed E-state index contributed by atoms with van der Waals surface area (Å²) >= 11 is 0. The number of rotatable bonds is 6. The number of nitrogens with zero attached hydrogens (tertiary/aromatic N) is 1. The van der Waals surface area contributed by atoms with E-state index in [1.807, 2.05) is 61.5 Å². The predicted octanol–water partition coefficient (Wildman–Crippen LogP) is 3.17. The maximum absolute atomic E-state index is 12.6. The van der Waals surface area contributed by atoms with Crippen LogP contribution in [0.1, 0.15) is 24.1 Å². The fourth-order valence-electron chi connectivity index (χ4n) is 2.30. The van der Waals surface area contributed by atoms with Gasteiger partial charge < -0.3 is 15.4 Å². The van der Waals surface area contributed by atoms with Crippen molar-refractivity contribution < 1.29 is 9.53 Å². The van der Waals surface area contributed by atoms with Crippen molar-refractivity contribution in [1.29, 1.82) is 0 Å². The average molecular weight is 335 g/mol. The summed E-state index contributed by atoms with van der Waals surface area (Å²) in [7, 11) is 1.63. The molecule has 0 spiro atoms. The van der Waals surface area contributed by atoms with Gasteiger partial charge in [-0.15, -0.1) is 12.4 Å². The largest absolute Gasteiger partial charge is 0.497 e. The first kappa shape index (κ1) is 19.0. The summed E-state index contributed by atoms with van der Waals surface area (Å²) in [6.45, 7) is 3.12. The Balaban J connectivity index is 0.00000264. The first-order valence-corrected chi connectivity index (χ1v) is 7.38. The highest BCUT2D eigenvalue weighted by Crippen LogP contribution is 2.17. The molecule has 124 valence electrons. The molecule has 0 saturated carbocycles. The minimum absolute atomic E-state index is 0. The van der Waals surface area contributed by atoms with Crippen LogP contribution in [0.3, 0.4) is 0 Å². The Kier molecular flexibility index (Phi) is 7.59.